The fourth-order valence-electron chi connectivity index (χ4n) is 1.24. The molecule has 0 bridgehead atoms. The third kappa shape index (κ3) is 3.17. The lowest BCUT2D eigenvalue weighted by molar-refractivity contribution is 0.103. The molecule has 1 amide bonds. The van der Waals surface area contributed by atoms with Gasteiger partial charge in [0.25, 0.3) is 5.91 Å². The molecule has 0 fully saturated rings. The number of thiophene rings is 1. The number of rotatable bonds is 2. The van der Waals surface area contributed by atoms with Gasteiger partial charge in [0.05, 0.1) is 23.8 Å². The van der Waals surface area contributed by atoms with Gasteiger partial charge in [0.2, 0.25) is 0 Å². The molecule has 1 N–H and O–H groups in total. The van der Waals surface area contributed by atoms with Crippen LogP contribution in [0.4, 0.5) is 5.69 Å². The van der Waals surface area contributed by atoms with Crippen LogP contribution in [0.2, 0.25) is 5.02 Å². The van der Waals surface area contributed by atoms with Crippen molar-refractivity contribution in [2.75, 3.05) is 5.32 Å². The van der Waals surface area contributed by atoms with Crippen LogP contribution in [0.15, 0.2) is 37.0 Å². The Bertz CT molecular complexity index is 595. The van der Waals surface area contributed by atoms with Crippen LogP contribution in [-0.2, 0) is 0 Å². The summed E-state index contributed by atoms with van der Waals surface area (Å²) in [5.41, 5.74) is 0.646. The highest BCUT2D eigenvalue weighted by molar-refractivity contribution is 9.13. The minimum absolute atomic E-state index is 0.172. The van der Waals surface area contributed by atoms with Crippen LogP contribution in [0.1, 0.15) is 9.67 Å². The summed E-state index contributed by atoms with van der Waals surface area (Å²) in [4.78, 5) is 12.6. The highest BCUT2D eigenvalue weighted by Gasteiger charge is 2.14. The Labute approximate surface area is 138 Å². The van der Waals surface area contributed by atoms with E-state index in [4.69, 9.17) is 11.6 Å². The summed E-state index contributed by atoms with van der Waals surface area (Å²) < 4.78 is 2.43. The lowest BCUT2D eigenvalue weighted by atomic mass is 10.3. The van der Waals surface area contributed by atoms with Gasteiger partial charge in [0.15, 0.2) is 0 Å². The van der Waals surface area contributed by atoms with Crippen molar-refractivity contribution in [1.29, 1.82) is 0 Å². The molecular weight excluding hydrogens is 469 g/mol. The Morgan fingerprint density at radius 1 is 1.28 bits per heavy atom. The number of hydrogen-bond acceptors (Lipinski definition) is 2. The Morgan fingerprint density at radius 2 is 2.00 bits per heavy atom. The maximum atomic E-state index is 12.0. The maximum absolute atomic E-state index is 12.0. The van der Waals surface area contributed by atoms with Gasteiger partial charge in [-0.15, -0.1) is 11.3 Å². The first-order valence-electron chi connectivity index (χ1n) is 4.69. The van der Waals surface area contributed by atoms with E-state index >= 15 is 0 Å². The predicted molar refractivity (Wildman–Crippen MR) is 86.8 cm³/mol. The zero-order valence-corrected chi connectivity index (χ0v) is 15.0. The van der Waals surface area contributed by atoms with Crippen molar-refractivity contribution in [3.8, 4) is 0 Å². The number of amides is 1. The third-order valence-corrected chi connectivity index (χ3v) is 6.72. The quantitative estimate of drug-likeness (QED) is 0.574. The van der Waals surface area contributed by atoms with Gasteiger partial charge in [-0.3, -0.25) is 4.79 Å². The summed E-state index contributed by atoms with van der Waals surface area (Å²) in [5, 5.41) is 3.36. The lowest BCUT2D eigenvalue weighted by Crippen LogP contribution is -2.10. The Balaban J connectivity index is 2.24. The Kier molecular flexibility index (Phi) is 4.88. The van der Waals surface area contributed by atoms with Crippen LogP contribution in [0.3, 0.4) is 0 Å². The molecule has 0 radical (unpaired) electrons. The number of anilines is 1. The first-order valence-corrected chi connectivity index (χ1v) is 8.26. The first-order chi connectivity index (χ1) is 8.49. The van der Waals surface area contributed by atoms with Crippen molar-refractivity contribution in [2.24, 2.45) is 0 Å². The van der Waals surface area contributed by atoms with Crippen LogP contribution >= 0.6 is 70.7 Å². The van der Waals surface area contributed by atoms with E-state index in [1.54, 1.807) is 24.3 Å². The largest absolute Gasteiger partial charge is 0.320 e. The van der Waals surface area contributed by atoms with Gasteiger partial charge in [-0.2, -0.15) is 0 Å². The molecular formula is C11H5Br3ClNOS. The molecule has 0 spiro atoms. The molecule has 0 saturated carbocycles. The monoisotopic (exact) mass is 471 g/mol. The second-order valence-corrected chi connectivity index (χ2v) is 7.71. The van der Waals surface area contributed by atoms with E-state index in [9.17, 15) is 4.79 Å². The average Bonchev–Trinajstić information content (AvgIpc) is 2.66. The predicted octanol–water partition coefficient (Wildman–Crippen LogP) is 5.94. The van der Waals surface area contributed by atoms with Crippen molar-refractivity contribution < 1.29 is 4.79 Å². The molecule has 2 rings (SSSR count). The molecule has 1 aromatic heterocycles. The molecule has 2 nitrogen and oxygen atoms in total. The molecule has 7 heteroatoms. The van der Waals surface area contributed by atoms with Crippen molar-refractivity contribution in [2.45, 2.75) is 0 Å². The molecule has 1 aromatic carbocycles. The normalized spacial score (nSPS) is 10.4. The van der Waals surface area contributed by atoms with E-state index < -0.39 is 0 Å². The van der Waals surface area contributed by atoms with Gasteiger partial charge in [0.1, 0.15) is 0 Å². The molecule has 0 aliphatic rings. The van der Waals surface area contributed by atoms with Crippen molar-refractivity contribution >= 4 is 82.3 Å². The number of carbonyl (C=O) groups excluding carboxylic acids is 1. The van der Waals surface area contributed by atoms with E-state index in [1.807, 2.05) is 0 Å². The summed E-state index contributed by atoms with van der Waals surface area (Å²) in [5.74, 6) is -0.172. The van der Waals surface area contributed by atoms with Crippen LogP contribution < -0.4 is 5.32 Å². The summed E-state index contributed by atoms with van der Waals surface area (Å²) >= 11 is 17.4. The standard InChI is InChI=1S/C11H5Br3ClNOS/c12-5-4-8(18-10(5)14)11(17)16-7-3-1-2-6(15)9(7)13/h1-4H,(H,16,17). The van der Waals surface area contributed by atoms with Gasteiger partial charge in [-0.25, -0.2) is 0 Å². The molecule has 2 aromatic rings. The van der Waals surface area contributed by atoms with E-state index in [2.05, 4.69) is 53.1 Å². The van der Waals surface area contributed by atoms with Gasteiger partial charge in [-0.1, -0.05) is 17.7 Å². The van der Waals surface area contributed by atoms with Crippen LogP contribution in [0.5, 0.6) is 0 Å². The zero-order valence-electron chi connectivity index (χ0n) is 8.64. The summed E-state index contributed by atoms with van der Waals surface area (Å²) in [7, 11) is 0. The van der Waals surface area contributed by atoms with E-state index in [1.165, 1.54) is 11.3 Å². The highest BCUT2D eigenvalue weighted by Crippen LogP contribution is 2.34. The minimum Gasteiger partial charge on any atom is -0.320 e. The van der Waals surface area contributed by atoms with Gasteiger partial charge in [-0.05, 0) is 66.0 Å². The lowest BCUT2D eigenvalue weighted by Gasteiger charge is -2.06. The third-order valence-electron chi connectivity index (χ3n) is 2.07. The minimum atomic E-state index is -0.172. The second kappa shape index (κ2) is 6.05. The van der Waals surface area contributed by atoms with Gasteiger partial charge >= 0.3 is 0 Å². The number of halogens is 4. The SMILES string of the molecule is O=C(Nc1cccc(Cl)c1Br)c1cc(Br)c(Br)s1. The number of hydrogen-bond donors (Lipinski definition) is 1. The fraction of sp³-hybridized carbons (Fsp3) is 0. The van der Waals surface area contributed by atoms with Crippen molar-refractivity contribution in [3.05, 3.63) is 46.9 Å². The Morgan fingerprint density at radius 3 is 2.61 bits per heavy atom. The molecule has 94 valence electrons. The van der Waals surface area contributed by atoms with Crippen molar-refractivity contribution in [1.82, 2.24) is 0 Å². The number of benzene rings is 1. The molecule has 0 saturated heterocycles. The van der Waals surface area contributed by atoms with Gasteiger partial charge in [0, 0.05) is 4.47 Å². The van der Waals surface area contributed by atoms with E-state index in [-0.39, 0.29) is 5.91 Å². The second-order valence-electron chi connectivity index (χ2n) is 3.29. The van der Waals surface area contributed by atoms with Crippen LogP contribution in [-0.4, -0.2) is 5.91 Å². The zero-order chi connectivity index (χ0) is 13.3. The summed E-state index contributed by atoms with van der Waals surface area (Å²) in [6, 6.07) is 7.08. The van der Waals surface area contributed by atoms with Crippen LogP contribution in [0, 0.1) is 0 Å². The average molecular weight is 474 g/mol. The highest BCUT2D eigenvalue weighted by atomic mass is 79.9. The summed E-state index contributed by atoms with van der Waals surface area (Å²) in [6.07, 6.45) is 0. The maximum Gasteiger partial charge on any atom is 0.265 e. The Hall–Kier alpha value is 0.120. The fourth-order valence-corrected chi connectivity index (χ4v) is 3.71. The van der Waals surface area contributed by atoms with Gasteiger partial charge < -0.3 is 5.32 Å². The smallest absolute Gasteiger partial charge is 0.265 e. The summed E-state index contributed by atoms with van der Waals surface area (Å²) in [6.45, 7) is 0. The molecule has 18 heavy (non-hydrogen) atoms. The molecule has 1 heterocycles. The molecule has 0 atom stereocenters. The first kappa shape index (κ1) is 14.5. The van der Waals surface area contributed by atoms with E-state index in [0.717, 1.165) is 8.26 Å². The van der Waals surface area contributed by atoms with Crippen LogP contribution in [0.25, 0.3) is 0 Å². The van der Waals surface area contributed by atoms with Crippen molar-refractivity contribution in [3.63, 3.8) is 0 Å². The number of nitrogens with one attached hydrogen (secondary N) is 1. The number of carbonyl (C=O) groups is 1. The molecule has 0 aliphatic carbocycles. The molecule has 0 aliphatic heterocycles. The molecule has 0 unspecified atom stereocenters. The van der Waals surface area contributed by atoms with E-state index in [0.29, 0.717) is 20.1 Å². The topological polar surface area (TPSA) is 29.1 Å².